The van der Waals surface area contributed by atoms with E-state index < -0.39 is 15.8 Å². The maximum absolute atomic E-state index is 12.3. The van der Waals surface area contributed by atoms with Gasteiger partial charge in [0, 0.05) is 6.04 Å². The lowest BCUT2D eigenvalue weighted by Crippen LogP contribution is -2.27. The van der Waals surface area contributed by atoms with Crippen LogP contribution >= 0.6 is 11.3 Å². The lowest BCUT2D eigenvalue weighted by molar-refractivity contribution is 0.0533. The molecule has 1 aliphatic carbocycles. The van der Waals surface area contributed by atoms with Gasteiger partial charge in [0.05, 0.1) is 18.0 Å². The minimum atomic E-state index is -3.50. The number of thiophene rings is 1. The SMILES string of the molecule is CCOC(=O)c1sc(NC2CCC2)c(S(=O)(=O)CC)c1N. The highest BCUT2D eigenvalue weighted by Gasteiger charge is 2.31. The smallest absolute Gasteiger partial charge is 0.350 e. The lowest BCUT2D eigenvalue weighted by atomic mass is 9.93. The molecule has 3 N–H and O–H groups in total. The van der Waals surface area contributed by atoms with Crippen molar-refractivity contribution in [2.75, 3.05) is 23.4 Å². The lowest BCUT2D eigenvalue weighted by Gasteiger charge is -2.27. The number of hydrogen-bond donors (Lipinski definition) is 2. The van der Waals surface area contributed by atoms with Gasteiger partial charge in [0.25, 0.3) is 0 Å². The number of carbonyl (C=O) groups is 1. The molecule has 0 bridgehead atoms. The predicted octanol–water partition coefficient (Wildman–Crippen LogP) is 2.27. The van der Waals surface area contributed by atoms with Crippen LogP contribution < -0.4 is 11.1 Å². The molecular formula is C13H20N2O4S2. The van der Waals surface area contributed by atoms with Crippen molar-refractivity contribution in [1.82, 2.24) is 0 Å². The van der Waals surface area contributed by atoms with Gasteiger partial charge in [0.2, 0.25) is 0 Å². The second-order valence-corrected chi connectivity index (χ2v) is 8.13. The normalized spacial score (nSPS) is 15.5. The van der Waals surface area contributed by atoms with Gasteiger partial charge in [-0.05, 0) is 26.2 Å². The van der Waals surface area contributed by atoms with E-state index in [1.807, 2.05) is 0 Å². The predicted molar refractivity (Wildman–Crippen MR) is 83.7 cm³/mol. The molecule has 21 heavy (non-hydrogen) atoms. The van der Waals surface area contributed by atoms with Crippen LogP contribution in [0, 0.1) is 0 Å². The molecule has 0 aromatic carbocycles. The van der Waals surface area contributed by atoms with Crippen LogP contribution in [0.15, 0.2) is 4.90 Å². The summed E-state index contributed by atoms with van der Waals surface area (Å²) in [6.07, 6.45) is 3.12. The summed E-state index contributed by atoms with van der Waals surface area (Å²) in [6, 6.07) is 0.254. The van der Waals surface area contributed by atoms with Gasteiger partial charge in [-0.15, -0.1) is 11.3 Å². The van der Waals surface area contributed by atoms with Crippen LogP contribution in [-0.4, -0.2) is 32.8 Å². The van der Waals surface area contributed by atoms with E-state index in [1.165, 1.54) is 0 Å². The van der Waals surface area contributed by atoms with Crippen molar-refractivity contribution >= 4 is 37.8 Å². The van der Waals surface area contributed by atoms with Gasteiger partial charge in [-0.1, -0.05) is 6.92 Å². The van der Waals surface area contributed by atoms with Crippen LogP contribution in [0.5, 0.6) is 0 Å². The van der Waals surface area contributed by atoms with Gasteiger partial charge >= 0.3 is 5.97 Å². The molecule has 0 aliphatic heterocycles. The third-order valence-electron chi connectivity index (χ3n) is 3.49. The maximum atomic E-state index is 12.3. The summed E-state index contributed by atoms with van der Waals surface area (Å²) in [5.41, 5.74) is 5.92. The summed E-state index contributed by atoms with van der Waals surface area (Å²) in [6.45, 7) is 3.47. The Bertz CT molecular complexity index is 633. The molecule has 1 heterocycles. The number of nitrogens with one attached hydrogen (secondary N) is 1. The standard InChI is InChI=1S/C13H20N2O4S2/c1-3-19-13(16)10-9(14)11(21(17,18)4-2)12(20-10)15-8-6-5-7-8/h8,15H,3-7,14H2,1-2H3. The highest BCUT2D eigenvalue weighted by atomic mass is 32.2. The molecule has 0 spiro atoms. The molecule has 0 unspecified atom stereocenters. The van der Waals surface area contributed by atoms with Crippen LogP contribution in [0.4, 0.5) is 10.7 Å². The van der Waals surface area contributed by atoms with Crippen molar-refractivity contribution < 1.29 is 17.9 Å². The Morgan fingerprint density at radius 2 is 2.10 bits per heavy atom. The average molecular weight is 332 g/mol. The second-order valence-electron chi connectivity index (χ2n) is 4.90. The van der Waals surface area contributed by atoms with Gasteiger partial charge in [-0.25, -0.2) is 13.2 Å². The molecule has 8 heteroatoms. The Labute approximate surface area is 128 Å². The van der Waals surface area contributed by atoms with Crippen molar-refractivity contribution in [3.63, 3.8) is 0 Å². The van der Waals surface area contributed by atoms with E-state index in [0.717, 1.165) is 30.6 Å². The minimum Gasteiger partial charge on any atom is -0.462 e. The first-order chi connectivity index (χ1) is 9.90. The van der Waals surface area contributed by atoms with Gasteiger partial charge in [-0.2, -0.15) is 0 Å². The molecule has 1 aromatic rings. The second kappa shape index (κ2) is 6.23. The summed E-state index contributed by atoms with van der Waals surface area (Å²) >= 11 is 1.06. The average Bonchev–Trinajstić information content (AvgIpc) is 2.72. The summed E-state index contributed by atoms with van der Waals surface area (Å²) in [4.78, 5) is 12.1. The molecule has 1 aromatic heterocycles. The number of esters is 1. The molecule has 0 atom stereocenters. The van der Waals surface area contributed by atoms with Crippen molar-refractivity contribution in [2.24, 2.45) is 0 Å². The van der Waals surface area contributed by atoms with E-state index in [0.29, 0.717) is 5.00 Å². The Balaban J connectivity index is 2.45. The quantitative estimate of drug-likeness (QED) is 0.775. The van der Waals surface area contributed by atoms with E-state index in [2.05, 4.69) is 5.32 Å². The molecule has 1 aliphatic rings. The van der Waals surface area contributed by atoms with Crippen molar-refractivity contribution in [1.29, 1.82) is 0 Å². The van der Waals surface area contributed by atoms with E-state index in [9.17, 15) is 13.2 Å². The molecular weight excluding hydrogens is 312 g/mol. The maximum Gasteiger partial charge on any atom is 0.350 e. The molecule has 0 amide bonds. The zero-order valence-electron chi connectivity index (χ0n) is 12.1. The monoisotopic (exact) mass is 332 g/mol. The fourth-order valence-corrected chi connectivity index (χ4v) is 4.69. The van der Waals surface area contributed by atoms with E-state index >= 15 is 0 Å². The van der Waals surface area contributed by atoms with Crippen LogP contribution in [0.3, 0.4) is 0 Å². The number of ether oxygens (including phenoxy) is 1. The van der Waals surface area contributed by atoms with E-state index in [4.69, 9.17) is 10.5 Å². The molecule has 2 rings (SSSR count). The topological polar surface area (TPSA) is 98.5 Å². The van der Waals surface area contributed by atoms with Crippen molar-refractivity contribution in [3.05, 3.63) is 4.88 Å². The molecule has 0 radical (unpaired) electrons. The number of anilines is 2. The Kier molecular flexibility index (Phi) is 4.77. The Morgan fingerprint density at radius 3 is 2.57 bits per heavy atom. The molecule has 0 saturated heterocycles. The zero-order valence-corrected chi connectivity index (χ0v) is 13.8. The summed E-state index contributed by atoms with van der Waals surface area (Å²) < 4.78 is 29.5. The Morgan fingerprint density at radius 1 is 1.43 bits per heavy atom. The largest absolute Gasteiger partial charge is 0.462 e. The summed E-state index contributed by atoms with van der Waals surface area (Å²) in [7, 11) is -3.50. The number of hydrogen-bond acceptors (Lipinski definition) is 7. The van der Waals surface area contributed by atoms with Crippen LogP contribution in [0.1, 0.15) is 42.8 Å². The van der Waals surface area contributed by atoms with Crippen LogP contribution in [-0.2, 0) is 14.6 Å². The minimum absolute atomic E-state index is 0.00197. The molecule has 6 nitrogen and oxygen atoms in total. The van der Waals surface area contributed by atoms with Crippen molar-refractivity contribution in [2.45, 2.75) is 44.0 Å². The Hall–Kier alpha value is -1.28. The summed E-state index contributed by atoms with van der Waals surface area (Å²) in [5, 5.41) is 3.66. The van der Waals surface area contributed by atoms with Gasteiger partial charge < -0.3 is 15.8 Å². The van der Waals surface area contributed by atoms with Gasteiger partial charge in [0.1, 0.15) is 14.8 Å². The van der Waals surface area contributed by atoms with Crippen LogP contribution in [0.25, 0.3) is 0 Å². The number of rotatable bonds is 6. The van der Waals surface area contributed by atoms with Crippen LogP contribution in [0.2, 0.25) is 0 Å². The first kappa shape index (κ1) is 16.1. The highest BCUT2D eigenvalue weighted by Crippen LogP contribution is 2.41. The fraction of sp³-hybridized carbons (Fsp3) is 0.615. The molecule has 1 saturated carbocycles. The van der Waals surface area contributed by atoms with E-state index in [1.54, 1.807) is 13.8 Å². The number of nitrogens with two attached hydrogens (primary N) is 1. The first-order valence-corrected chi connectivity index (χ1v) is 9.46. The summed E-state index contributed by atoms with van der Waals surface area (Å²) in [5.74, 6) is -0.635. The van der Waals surface area contributed by atoms with Crippen molar-refractivity contribution in [3.8, 4) is 0 Å². The third kappa shape index (κ3) is 3.16. The molecule has 1 fully saturated rings. The highest BCUT2D eigenvalue weighted by molar-refractivity contribution is 7.91. The number of sulfone groups is 1. The third-order valence-corrected chi connectivity index (χ3v) is 6.54. The fourth-order valence-electron chi connectivity index (χ4n) is 2.06. The number of nitrogen functional groups attached to an aromatic ring is 1. The first-order valence-electron chi connectivity index (χ1n) is 6.99. The van der Waals surface area contributed by atoms with E-state index in [-0.39, 0.29) is 33.9 Å². The molecule has 118 valence electrons. The zero-order chi connectivity index (χ0) is 15.6. The van der Waals surface area contributed by atoms with Gasteiger partial charge in [-0.3, -0.25) is 0 Å². The number of carbonyl (C=O) groups excluding carboxylic acids is 1. The van der Waals surface area contributed by atoms with Gasteiger partial charge in [0.15, 0.2) is 9.84 Å².